The Hall–Kier alpha value is -3.12. The van der Waals surface area contributed by atoms with Crippen LogP contribution in [0, 0.1) is 0 Å². The summed E-state index contributed by atoms with van der Waals surface area (Å²) in [6.07, 6.45) is -4.88. The number of amides is 1. The minimum atomic E-state index is -4.88. The van der Waals surface area contributed by atoms with Crippen LogP contribution in [0.3, 0.4) is 0 Å². The molecular weight excluding hydrogens is 453 g/mol. The number of halogens is 3. The molecule has 0 N–H and O–H groups in total. The molecule has 172 valence electrons. The topological polar surface area (TPSA) is 93.2 Å². The van der Waals surface area contributed by atoms with Crippen molar-refractivity contribution in [3.63, 3.8) is 0 Å². The number of ether oxygens (including phenoxy) is 2. The zero-order chi connectivity index (χ0) is 23.5. The number of hydrogen-bond acceptors (Lipinski definition) is 6. The van der Waals surface area contributed by atoms with Crippen LogP contribution in [-0.2, 0) is 14.8 Å². The Kier molecular flexibility index (Phi) is 6.74. The molecule has 0 spiro atoms. The average Bonchev–Trinajstić information content (AvgIpc) is 2.77. The van der Waals surface area contributed by atoms with Gasteiger partial charge in [-0.05, 0) is 42.5 Å². The molecule has 0 aliphatic carbocycles. The maximum atomic E-state index is 12.8. The van der Waals surface area contributed by atoms with Gasteiger partial charge in [0.1, 0.15) is 5.75 Å². The second-order valence-electron chi connectivity index (χ2n) is 6.79. The Morgan fingerprint density at radius 2 is 1.53 bits per heavy atom. The number of carbonyl (C=O) groups excluding carboxylic acids is 2. The standard InChI is InChI=1S/C20H19F3N2O6S/c1-30-19(27)15-4-2-3-14(13-15)18(26)24-9-11-25(12-10-24)32(28,29)17-7-5-16(6-8-17)31-20(21,22)23/h2-8,13H,9-12H2,1H3. The van der Waals surface area contributed by atoms with E-state index in [0.717, 1.165) is 28.6 Å². The summed E-state index contributed by atoms with van der Waals surface area (Å²) in [5.74, 6) is -1.47. The Balaban J connectivity index is 1.66. The number of piperazine rings is 1. The third kappa shape index (κ3) is 5.37. The van der Waals surface area contributed by atoms with Crippen molar-refractivity contribution in [2.24, 2.45) is 0 Å². The summed E-state index contributed by atoms with van der Waals surface area (Å²) in [6, 6.07) is 9.93. The molecule has 1 saturated heterocycles. The number of alkyl halides is 3. The Bertz CT molecular complexity index is 1100. The van der Waals surface area contributed by atoms with Crippen LogP contribution in [0.1, 0.15) is 20.7 Å². The van der Waals surface area contributed by atoms with E-state index in [2.05, 4.69) is 9.47 Å². The summed E-state index contributed by atoms with van der Waals surface area (Å²) < 4.78 is 71.9. The van der Waals surface area contributed by atoms with E-state index in [9.17, 15) is 31.2 Å². The van der Waals surface area contributed by atoms with Crippen molar-refractivity contribution in [3.8, 4) is 5.75 Å². The molecule has 0 bridgehead atoms. The second-order valence-corrected chi connectivity index (χ2v) is 8.73. The Morgan fingerprint density at radius 3 is 2.09 bits per heavy atom. The lowest BCUT2D eigenvalue weighted by Gasteiger charge is -2.34. The molecule has 1 heterocycles. The van der Waals surface area contributed by atoms with E-state index in [-0.39, 0.29) is 48.1 Å². The van der Waals surface area contributed by atoms with Crippen LogP contribution in [-0.4, -0.2) is 69.2 Å². The first kappa shape index (κ1) is 23.5. The molecule has 0 saturated carbocycles. The fourth-order valence-corrected chi connectivity index (χ4v) is 4.60. The fraction of sp³-hybridized carbons (Fsp3) is 0.300. The molecule has 0 atom stereocenters. The van der Waals surface area contributed by atoms with Crippen LogP contribution >= 0.6 is 0 Å². The van der Waals surface area contributed by atoms with E-state index in [4.69, 9.17) is 0 Å². The number of rotatable bonds is 5. The molecule has 1 fully saturated rings. The van der Waals surface area contributed by atoms with Crippen LogP contribution in [0.4, 0.5) is 13.2 Å². The smallest absolute Gasteiger partial charge is 0.465 e. The third-order valence-electron chi connectivity index (χ3n) is 4.75. The molecule has 1 aliphatic rings. The summed E-state index contributed by atoms with van der Waals surface area (Å²) in [4.78, 5) is 25.7. The number of hydrogen-bond donors (Lipinski definition) is 0. The maximum Gasteiger partial charge on any atom is 0.573 e. The molecule has 0 unspecified atom stereocenters. The van der Waals surface area contributed by atoms with Gasteiger partial charge in [0.25, 0.3) is 5.91 Å². The van der Waals surface area contributed by atoms with Crippen molar-refractivity contribution in [2.75, 3.05) is 33.3 Å². The lowest BCUT2D eigenvalue weighted by atomic mass is 10.1. The van der Waals surface area contributed by atoms with E-state index in [1.54, 1.807) is 12.1 Å². The summed E-state index contributed by atoms with van der Waals surface area (Å²) in [5, 5.41) is 0. The molecule has 3 rings (SSSR count). The van der Waals surface area contributed by atoms with Gasteiger partial charge in [-0.1, -0.05) is 6.07 Å². The highest BCUT2D eigenvalue weighted by Gasteiger charge is 2.33. The number of benzene rings is 2. The lowest BCUT2D eigenvalue weighted by molar-refractivity contribution is -0.274. The Morgan fingerprint density at radius 1 is 0.938 bits per heavy atom. The van der Waals surface area contributed by atoms with Gasteiger partial charge >= 0.3 is 12.3 Å². The maximum absolute atomic E-state index is 12.8. The van der Waals surface area contributed by atoms with Gasteiger partial charge in [-0.15, -0.1) is 13.2 Å². The van der Waals surface area contributed by atoms with Gasteiger partial charge in [-0.3, -0.25) is 4.79 Å². The minimum Gasteiger partial charge on any atom is -0.465 e. The van der Waals surface area contributed by atoms with Crippen molar-refractivity contribution in [1.29, 1.82) is 0 Å². The number of methoxy groups -OCH3 is 1. The largest absolute Gasteiger partial charge is 0.573 e. The highest BCUT2D eigenvalue weighted by atomic mass is 32.2. The lowest BCUT2D eigenvalue weighted by Crippen LogP contribution is -2.50. The fourth-order valence-electron chi connectivity index (χ4n) is 3.17. The van der Waals surface area contributed by atoms with Crippen LogP contribution in [0.2, 0.25) is 0 Å². The summed E-state index contributed by atoms with van der Waals surface area (Å²) in [7, 11) is -2.73. The summed E-state index contributed by atoms with van der Waals surface area (Å²) in [5.41, 5.74) is 0.488. The van der Waals surface area contributed by atoms with E-state index >= 15 is 0 Å². The van der Waals surface area contributed by atoms with Crippen LogP contribution < -0.4 is 4.74 Å². The zero-order valence-electron chi connectivity index (χ0n) is 16.8. The zero-order valence-corrected chi connectivity index (χ0v) is 17.6. The highest BCUT2D eigenvalue weighted by Crippen LogP contribution is 2.25. The van der Waals surface area contributed by atoms with Gasteiger partial charge in [-0.2, -0.15) is 4.31 Å². The molecular formula is C20H19F3N2O6S. The molecule has 2 aromatic rings. The van der Waals surface area contributed by atoms with Gasteiger partial charge < -0.3 is 14.4 Å². The molecule has 12 heteroatoms. The molecule has 0 radical (unpaired) electrons. The van der Waals surface area contributed by atoms with Gasteiger partial charge in [-0.25, -0.2) is 13.2 Å². The van der Waals surface area contributed by atoms with Crippen LogP contribution in [0.25, 0.3) is 0 Å². The van der Waals surface area contributed by atoms with Crippen molar-refractivity contribution >= 4 is 21.9 Å². The normalized spacial score (nSPS) is 15.3. The van der Waals surface area contributed by atoms with Gasteiger partial charge in [0.15, 0.2) is 0 Å². The SMILES string of the molecule is COC(=O)c1cccc(C(=O)N2CCN(S(=O)(=O)c3ccc(OC(F)(F)F)cc3)CC2)c1. The highest BCUT2D eigenvalue weighted by molar-refractivity contribution is 7.89. The van der Waals surface area contributed by atoms with Gasteiger partial charge in [0, 0.05) is 31.7 Å². The second kappa shape index (κ2) is 9.17. The molecule has 2 aromatic carbocycles. The van der Waals surface area contributed by atoms with Crippen molar-refractivity contribution < 1.29 is 40.7 Å². The summed E-state index contributed by atoms with van der Waals surface area (Å²) >= 11 is 0. The Labute approximate surface area is 182 Å². The average molecular weight is 472 g/mol. The first-order valence-electron chi connectivity index (χ1n) is 9.35. The van der Waals surface area contributed by atoms with Crippen molar-refractivity contribution in [3.05, 3.63) is 59.7 Å². The van der Waals surface area contributed by atoms with Crippen LogP contribution in [0.15, 0.2) is 53.4 Å². The van der Waals surface area contributed by atoms with Crippen molar-refractivity contribution in [2.45, 2.75) is 11.3 Å². The van der Waals surface area contributed by atoms with E-state index in [1.807, 2.05) is 0 Å². The number of sulfonamides is 1. The minimum absolute atomic E-state index is 0.00552. The van der Waals surface area contributed by atoms with Gasteiger partial charge in [0.05, 0.1) is 17.6 Å². The summed E-state index contributed by atoms with van der Waals surface area (Å²) in [6.45, 7) is 0.225. The predicted octanol–water partition coefficient (Wildman–Crippen LogP) is 2.52. The third-order valence-corrected chi connectivity index (χ3v) is 6.66. The van der Waals surface area contributed by atoms with E-state index in [1.165, 1.54) is 24.1 Å². The van der Waals surface area contributed by atoms with E-state index in [0.29, 0.717) is 0 Å². The number of carbonyl (C=O) groups is 2. The van der Waals surface area contributed by atoms with Crippen molar-refractivity contribution in [1.82, 2.24) is 9.21 Å². The molecule has 32 heavy (non-hydrogen) atoms. The first-order chi connectivity index (χ1) is 15.0. The predicted molar refractivity (Wildman–Crippen MR) is 106 cm³/mol. The van der Waals surface area contributed by atoms with E-state index < -0.39 is 28.1 Å². The number of esters is 1. The molecule has 8 nitrogen and oxygen atoms in total. The van der Waals surface area contributed by atoms with Crippen LogP contribution in [0.5, 0.6) is 5.75 Å². The quantitative estimate of drug-likeness (QED) is 0.621. The molecule has 0 aromatic heterocycles. The molecule has 1 aliphatic heterocycles. The van der Waals surface area contributed by atoms with Gasteiger partial charge in [0.2, 0.25) is 10.0 Å². The monoisotopic (exact) mass is 472 g/mol. The number of nitrogens with zero attached hydrogens (tertiary/aromatic N) is 2. The molecule has 1 amide bonds. The first-order valence-corrected chi connectivity index (χ1v) is 10.8.